The van der Waals surface area contributed by atoms with E-state index >= 15 is 0 Å². The third-order valence-electron chi connectivity index (χ3n) is 5.44. The Morgan fingerprint density at radius 1 is 0.971 bits per heavy atom. The predicted molar refractivity (Wildman–Crippen MR) is 135 cm³/mol. The van der Waals surface area contributed by atoms with Gasteiger partial charge in [-0.2, -0.15) is 5.10 Å². The summed E-state index contributed by atoms with van der Waals surface area (Å²) in [5.41, 5.74) is 5.33. The van der Waals surface area contributed by atoms with E-state index in [-0.39, 0.29) is 18.5 Å². The van der Waals surface area contributed by atoms with Crippen molar-refractivity contribution in [1.82, 2.24) is 20.3 Å². The molecule has 0 aliphatic rings. The normalized spacial score (nSPS) is 11.9. The van der Waals surface area contributed by atoms with Crippen LogP contribution in [-0.2, 0) is 22.6 Å². The van der Waals surface area contributed by atoms with Gasteiger partial charge in [0.05, 0.1) is 17.2 Å². The summed E-state index contributed by atoms with van der Waals surface area (Å²) in [4.78, 5) is 43.0. The molecule has 1 atom stereocenters. The van der Waals surface area contributed by atoms with Gasteiger partial charge >= 0.3 is 0 Å². The Kier molecular flexibility index (Phi) is 7.42. The summed E-state index contributed by atoms with van der Waals surface area (Å²) in [7, 11) is 0. The van der Waals surface area contributed by atoms with Crippen LogP contribution >= 0.6 is 0 Å². The van der Waals surface area contributed by atoms with Gasteiger partial charge < -0.3 is 5.32 Å². The first-order valence-corrected chi connectivity index (χ1v) is 11.2. The van der Waals surface area contributed by atoms with Crippen molar-refractivity contribution in [3.05, 3.63) is 112 Å². The lowest BCUT2D eigenvalue weighted by Crippen LogP contribution is -2.48. The first-order valence-electron chi connectivity index (χ1n) is 11.2. The van der Waals surface area contributed by atoms with E-state index in [1.165, 1.54) is 10.8 Å². The molecular weight excluding hydrogens is 442 g/mol. The van der Waals surface area contributed by atoms with Crippen LogP contribution in [-0.4, -0.2) is 33.6 Å². The third kappa shape index (κ3) is 6.05. The van der Waals surface area contributed by atoms with E-state index in [1.807, 2.05) is 66.7 Å². The highest BCUT2D eigenvalue weighted by atomic mass is 16.2. The molecule has 0 aliphatic carbocycles. The van der Waals surface area contributed by atoms with E-state index in [2.05, 4.69) is 20.8 Å². The van der Waals surface area contributed by atoms with Crippen molar-refractivity contribution >= 4 is 29.1 Å². The highest BCUT2D eigenvalue weighted by molar-refractivity contribution is 5.89. The smallest absolute Gasteiger partial charge is 0.272 e. The fourth-order valence-electron chi connectivity index (χ4n) is 3.71. The number of carbonyl (C=O) groups is 2. The predicted octanol–water partition coefficient (Wildman–Crippen LogP) is 2.58. The van der Waals surface area contributed by atoms with Crippen LogP contribution in [0.1, 0.15) is 16.8 Å². The van der Waals surface area contributed by atoms with Gasteiger partial charge in [0.25, 0.3) is 11.5 Å². The number of hydrogen-bond acceptors (Lipinski definition) is 5. The maximum atomic E-state index is 13.0. The number of amides is 2. The molecule has 8 nitrogen and oxygen atoms in total. The van der Waals surface area contributed by atoms with Crippen LogP contribution in [0.2, 0.25) is 0 Å². The summed E-state index contributed by atoms with van der Waals surface area (Å²) in [5, 5.41) is 6.79. The van der Waals surface area contributed by atoms with Crippen LogP contribution in [0.25, 0.3) is 11.0 Å². The number of benzene rings is 3. The van der Waals surface area contributed by atoms with Crippen LogP contribution in [0.4, 0.5) is 0 Å². The molecule has 4 rings (SSSR count). The Labute approximate surface area is 202 Å². The quantitative estimate of drug-likeness (QED) is 0.307. The zero-order valence-corrected chi connectivity index (χ0v) is 19.2. The number of hydrazone groups is 1. The lowest BCUT2D eigenvalue weighted by molar-refractivity contribution is -0.129. The number of fused-ring (bicyclic) bond motifs is 1. The van der Waals surface area contributed by atoms with Gasteiger partial charge in [-0.05, 0) is 30.2 Å². The molecule has 8 heteroatoms. The summed E-state index contributed by atoms with van der Waals surface area (Å²) in [6.45, 7) is 1.37. The Morgan fingerprint density at radius 3 is 2.37 bits per heavy atom. The van der Waals surface area contributed by atoms with Gasteiger partial charge in [-0.15, -0.1) is 0 Å². The summed E-state index contributed by atoms with van der Waals surface area (Å²) in [6, 6.07) is 25.0. The maximum Gasteiger partial charge on any atom is 0.272 e. The summed E-state index contributed by atoms with van der Waals surface area (Å²) < 4.78 is 1.37. The Hall–Kier alpha value is -4.59. The maximum absolute atomic E-state index is 13.0. The number of aromatic nitrogens is 2. The van der Waals surface area contributed by atoms with Crippen LogP contribution in [0.15, 0.2) is 94.8 Å². The van der Waals surface area contributed by atoms with Crippen LogP contribution < -0.4 is 16.3 Å². The molecule has 35 heavy (non-hydrogen) atoms. The molecule has 0 radical (unpaired) electrons. The molecule has 0 saturated carbocycles. The summed E-state index contributed by atoms with van der Waals surface area (Å²) >= 11 is 0. The number of hydrogen-bond donors (Lipinski definition) is 2. The molecule has 0 bridgehead atoms. The second-order valence-corrected chi connectivity index (χ2v) is 8.03. The van der Waals surface area contributed by atoms with Gasteiger partial charge in [-0.25, -0.2) is 10.4 Å². The second kappa shape index (κ2) is 11.0. The Morgan fingerprint density at radius 2 is 1.63 bits per heavy atom. The number of aryl methyl sites for hydroxylation is 1. The number of carbonyl (C=O) groups excluding carboxylic acids is 2. The largest absolute Gasteiger partial charge is 0.342 e. The van der Waals surface area contributed by atoms with Crippen molar-refractivity contribution in [3.8, 4) is 0 Å². The van der Waals surface area contributed by atoms with Crippen molar-refractivity contribution in [3.63, 3.8) is 0 Å². The summed E-state index contributed by atoms with van der Waals surface area (Å²) in [5.74, 6) is -0.927. The van der Waals surface area contributed by atoms with Gasteiger partial charge in [0.2, 0.25) is 5.91 Å². The fourth-order valence-corrected chi connectivity index (χ4v) is 3.71. The highest BCUT2D eigenvalue weighted by Gasteiger charge is 2.22. The Balaban J connectivity index is 1.53. The van der Waals surface area contributed by atoms with Gasteiger partial charge in [0, 0.05) is 6.42 Å². The van der Waals surface area contributed by atoms with Gasteiger partial charge in [-0.1, -0.05) is 72.8 Å². The molecular formula is C27H25N5O3. The molecule has 176 valence electrons. The van der Waals surface area contributed by atoms with Crippen LogP contribution in [0, 0.1) is 6.92 Å². The van der Waals surface area contributed by atoms with Crippen molar-refractivity contribution in [2.45, 2.75) is 25.9 Å². The number of para-hydroxylation sites is 2. The molecule has 3 aromatic carbocycles. The van der Waals surface area contributed by atoms with Gasteiger partial charge in [0.1, 0.15) is 18.3 Å². The molecule has 1 heterocycles. The average molecular weight is 468 g/mol. The minimum absolute atomic E-state index is 0.242. The molecule has 0 spiro atoms. The van der Waals surface area contributed by atoms with E-state index in [4.69, 9.17) is 0 Å². The monoisotopic (exact) mass is 467 g/mol. The molecule has 0 aliphatic heterocycles. The van der Waals surface area contributed by atoms with Crippen molar-refractivity contribution in [1.29, 1.82) is 0 Å². The van der Waals surface area contributed by atoms with E-state index < -0.39 is 17.9 Å². The first kappa shape index (κ1) is 23.6. The number of nitrogens with one attached hydrogen (secondary N) is 2. The fraction of sp³-hybridized carbons (Fsp3) is 0.148. The minimum Gasteiger partial charge on any atom is -0.342 e. The van der Waals surface area contributed by atoms with E-state index in [9.17, 15) is 14.4 Å². The first-order chi connectivity index (χ1) is 17.0. The van der Waals surface area contributed by atoms with E-state index in [0.29, 0.717) is 16.7 Å². The van der Waals surface area contributed by atoms with Gasteiger partial charge in [-0.3, -0.25) is 19.0 Å². The molecule has 0 fully saturated rings. The topological polar surface area (TPSA) is 105 Å². The van der Waals surface area contributed by atoms with Crippen molar-refractivity contribution in [2.75, 3.05) is 0 Å². The zero-order chi connectivity index (χ0) is 24.6. The molecule has 2 N–H and O–H groups in total. The molecule has 2 amide bonds. The minimum atomic E-state index is -0.886. The molecule has 4 aromatic rings. The lowest BCUT2D eigenvalue weighted by Gasteiger charge is -2.18. The van der Waals surface area contributed by atoms with Crippen LogP contribution in [0.3, 0.4) is 0 Å². The Bertz CT molecular complexity index is 1420. The lowest BCUT2D eigenvalue weighted by atomic mass is 10.1. The van der Waals surface area contributed by atoms with Crippen molar-refractivity contribution < 1.29 is 9.59 Å². The average Bonchev–Trinajstić information content (AvgIpc) is 2.87. The number of rotatable bonds is 8. The molecule has 0 unspecified atom stereocenters. The highest BCUT2D eigenvalue weighted by Crippen LogP contribution is 2.10. The van der Waals surface area contributed by atoms with Crippen LogP contribution in [0.5, 0.6) is 0 Å². The standard InChI is InChI=1S/C27H25N5O3/c1-19-27(35)32(24-15-9-8-14-22(24)29-19)18-25(33)30-23(16-20-10-4-2-5-11-20)26(34)31-28-17-21-12-6-3-7-13-21/h2-15,17,23H,16,18H2,1H3,(H,30,33)(H,31,34)/b28-17+/t23-/m0/s1. The molecule has 1 aromatic heterocycles. The van der Waals surface area contributed by atoms with E-state index in [1.54, 1.807) is 25.1 Å². The number of nitrogens with zero attached hydrogens (tertiary/aromatic N) is 3. The second-order valence-electron chi connectivity index (χ2n) is 8.03. The summed E-state index contributed by atoms with van der Waals surface area (Å²) in [6.07, 6.45) is 1.80. The zero-order valence-electron chi connectivity index (χ0n) is 19.2. The van der Waals surface area contributed by atoms with Gasteiger partial charge in [0.15, 0.2) is 0 Å². The SMILES string of the molecule is Cc1nc2ccccc2n(CC(=O)N[C@@H](Cc2ccccc2)C(=O)N/N=C/c2ccccc2)c1=O. The molecule has 0 saturated heterocycles. The van der Waals surface area contributed by atoms with Crippen molar-refractivity contribution in [2.24, 2.45) is 5.10 Å². The third-order valence-corrected chi connectivity index (χ3v) is 5.44. The van der Waals surface area contributed by atoms with E-state index in [0.717, 1.165) is 11.1 Å².